The van der Waals surface area contributed by atoms with E-state index in [2.05, 4.69) is 5.32 Å². The van der Waals surface area contributed by atoms with Crippen molar-refractivity contribution < 1.29 is 22.7 Å². The molecule has 3 nitrogen and oxygen atoms in total. The summed E-state index contributed by atoms with van der Waals surface area (Å²) < 4.78 is 43.3. The highest BCUT2D eigenvalue weighted by molar-refractivity contribution is 6.30. The van der Waals surface area contributed by atoms with Gasteiger partial charge in [-0.15, -0.1) is 0 Å². The molecule has 2 aromatic carbocycles. The molecule has 0 fully saturated rings. The number of alkyl halides is 3. The Morgan fingerprint density at radius 1 is 1.17 bits per heavy atom. The zero-order valence-electron chi connectivity index (χ0n) is 12.0. The number of hydrogen-bond acceptors (Lipinski definition) is 2. The fourth-order valence-corrected chi connectivity index (χ4v) is 1.91. The molecule has 23 heavy (non-hydrogen) atoms. The standard InChI is InChI=1S/C16H13ClF3NO2/c1-10(23-14-7-5-12(17)6-8-14)15(22)21-13-4-2-3-11(9-13)16(18,19)20/h2-10H,1H3,(H,21,22)/t10-/m1/s1. The number of benzene rings is 2. The van der Waals surface area contributed by atoms with Gasteiger partial charge in [0.1, 0.15) is 5.75 Å². The third-order valence-electron chi connectivity index (χ3n) is 2.95. The van der Waals surface area contributed by atoms with E-state index in [9.17, 15) is 18.0 Å². The molecule has 0 unspecified atom stereocenters. The second-order valence-corrected chi connectivity index (χ2v) is 5.22. The smallest absolute Gasteiger partial charge is 0.416 e. The lowest BCUT2D eigenvalue weighted by molar-refractivity contribution is -0.137. The molecule has 0 aliphatic rings. The normalized spacial score (nSPS) is 12.6. The number of halogens is 4. The van der Waals surface area contributed by atoms with Gasteiger partial charge < -0.3 is 10.1 Å². The van der Waals surface area contributed by atoms with Crippen LogP contribution in [0.1, 0.15) is 12.5 Å². The molecule has 2 rings (SSSR count). The quantitative estimate of drug-likeness (QED) is 0.868. The highest BCUT2D eigenvalue weighted by Crippen LogP contribution is 2.30. The molecule has 0 bridgehead atoms. The van der Waals surface area contributed by atoms with Crippen LogP contribution >= 0.6 is 11.6 Å². The van der Waals surface area contributed by atoms with Crippen LogP contribution in [0.2, 0.25) is 5.02 Å². The molecular formula is C16H13ClF3NO2. The minimum absolute atomic E-state index is 0.0522. The number of ether oxygens (including phenoxy) is 1. The Kier molecular flexibility index (Phi) is 5.15. The van der Waals surface area contributed by atoms with E-state index in [1.54, 1.807) is 24.3 Å². The van der Waals surface area contributed by atoms with Gasteiger partial charge in [-0.3, -0.25) is 4.79 Å². The molecule has 0 heterocycles. The Morgan fingerprint density at radius 2 is 1.83 bits per heavy atom. The first kappa shape index (κ1) is 17.1. The number of nitrogens with one attached hydrogen (secondary N) is 1. The minimum atomic E-state index is -4.47. The van der Waals surface area contributed by atoms with Gasteiger partial charge in [-0.1, -0.05) is 17.7 Å². The molecule has 0 aliphatic carbocycles. The Balaban J connectivity index is 2.02. The van der Waals surface area contributed by atoms with Crippen LogP contribution in [0.15, 0.2) is 48.5 Å². The Morgan fingerprint density at radius 3 is 2.43 bits per heavy atom. The first-order chi connectivity index (χ1) is 10.8. The molecule has 0 spiro atoms. The van der Waals surface area contributed by atoms with E-state index >= 15 is 0 Å². The van der Waals surface area contributed by atoms with Gasteiger partial charge >= 0.3 is 6.18 Å². The van der Waals surface area contributed by atoms with Gasteiger partial charge in [-0.05, 0) is 49.4 Å². The van der Waals surface area contributed by atoms with Crippen molar-refractivity contribution in [3.8, 4) is 5.75 Å². The van der Waals surface area contributed by atoms with E-state index in [1.807, 2.05) is 0 Å². The lowest BCUT2D eigenvalue weighted by atomic mass is 10.2. The van der Waals surface area contributed by atoms with Gasteiger partial charge in [-0.25, -0.2) is 0 Å². The van der Waals surface area contributed by atoms with Crippen LogP contribution < -0.4 is 10.1 Å². The van der Waals surface area contributed by atoms with E-state index in [4.69, 9.17) is 16.3 Å². The predicted octanol–water partition coefficient (Wildman–Crippen LogP) is 4.76. The van der Waals surface area contributed by atoms with E-state index in [0.717, 1.165) is 12.1 Å². The van der Waals surface area contributed by atoms with Crippen molar-refractivity contribution in [3.05, 3.63) is 59.1 Å². The Hall–Kier alpha value is -2.21. The molecule has 1 N–H and O–H groups in total. The van der Waals surface area contributed by atoms with Gasteiger partial charge in [0.05, 0.1) is 5.56 Å². The maximum absolute atomic E-state index is 12.6. The zero-order valence-corrected chi connectivity index (χ0v) is 12.8. The van der Waals surface area contributed by atoms with E-state index in [1.165, 1.54) is 19.1 Å². The molecule has 7 heteroatoms. The number of rotatable bonds is 4. The molecule has 1 amide bonds. The van der Waals surface area contributed by atoms with Gasteiger partial charge in [0.25, 0.3) is 5.91 Å². The van der Waals surface area contributed by atoms with Crippen molar-refractivity contribution in [2.45, 2.75) is 19.2 Å². The first-order valence-electron chi connectivity index (χ1n) is 6.66. The van der Waals surface area contributed by atoms with E-state index in [-0.39, 0.29) is 5.69 Å². The third-order valence-corrected chi connectivity index (χ3v) is 3.21. The molecule has 0 aliphatic heterocycles. The molecule has 0 aromatic heterocycles. The van der Waals surface area contributed by atoms with Gasteiger partial charge in [-0.2, -0.15) is 13.2 Å². The monoisotopic (exact) mass is 343 g/mol. The third kappa shape index (κ3) is 4.89. The fourth-order valence-electron chi connectivity index (χ4n) is 1.79. The van der Waals surface area contributed by atoms with Crippen molar-refractivity contribution in [3.63, 3.8) is 0 Å². The van der Waals surface area contributed by atoms with Crippen molar-refractivity contribution in [2.24, 2.45) is 0 Å². The van der Waals surface area contributed by atoms with Crippen LogP contribution in [0, 0.1) is 0 Å². The fraction of sp³-hybridized carbons (Fsp3) is 0.188. The number of hydrogen-bond donors (Lipinski definition) is 1. The summed E-state index contributed by atoms with van der Waals surface area (Å²) in [5, 5.41) is 2.92. The lowest BCUT2D eigenvalue weighted by Crippen LogP contribution is -2.30. The van der Waals surface area contributed by atoms with Crippen LogP contribution in [-0.2, 0) is 11.0 Å². The molecular weight excluding hydrogens is 331 g/mol. The van der Waals surface area contributed by atoms with Gasteiger partial charge in [0.2, 0.25) is 0 Å². The van der Waals surface area contributed by atoms with Crippen molar-refractivity contribution >= 4 is 23.2 Å². The molecule has 2 aromatic rings. The summed E-state index contributed by atoms with van der Waals surface area (Å²) in [7, 11) is 0. The zero-order chi connectivity index (χ0) is 17.0. The summed E-state index contributed by atoms with van der Waals surface area (Å²) >= 11 is 5.74. The number of carbonyl (C=O) groups excluding carboxylic acids is 1. The molecule has 0 saturated carbocycles. The van der Waals surface area contributed by atoms with E-state index in [0.29, 0.717) is 10.8 Å². The lowest BCUT2D eigenvalue weighted by Gasteiger charge is -2.15. The summed E-state index contributed by atoms with van der Waals surface area (Å²) in [6.45, 7) is 1.50. The minimum Gasteiger partial charge on any atom is -0.481 e. The first-order valence-corrected chi connectivity index (χ1v) is 7.04. The molecule has 122 valence electrons. The van der Waals surface area contributed by atoms with Crippen LogP contribution in [-0.4, -0.2) is 12.0 Å². The van der Waals surface area contributed by atoms with Gasteiger partial charge in [0, 0.05) is 10.7 Å². The maximum Gasteiger partial charge on any atom is 0.416 e. The second kappa shape index (κ2) is 6.91. The van der Waals surface area contributed by atoms with Crippen LogP contribution in [0.3, 0.4) is 0 Å². The SMILES string of the molecule is C[C@@H](Oc1ccc(Cl)cc1)C(=O)Nc1cccc(C(F)(F)F)c1. The molecule has 0 saturated heterocycles. The van der Waals surface area contributed by atoms with Gasteiger partial charge in [0.15, 0.2) is 6.10 Å². The number of anilines is 1. The van der Waals surface area contributed by atoms with Crippen LogP contribution in [0.25, 0.3) is 0 Å². The van der Waals surface area contributed by atoms with E-state index < -0.39 is 23.8 Å². The summed E-state index contributed by atoms with van der Waals surface area (Å²) in [4.78, 5) is 12.0. The average Bonchev–Trinajstić information content (AvgIpc) is 2.49. The Bertz CT molecular complexity index is 686. The van der Waals surface area contributed by atoms with Crippen molar-refractivity contribution in [2.75, 3.05) is 5.32 Å². The number of carbonyl (C=O) groups is 1. The number of amides is 1. The van der Waals surface area contributed by atoms with Crippen molar-refractivity contribution in [1.82, 2.24) is 0 Å². The topological polar surface area (TPSA) is 38.3 Å². The van der Waals surface area contributed by atoms with Crippen LogP contribution in [0.4, 0.5) is 18.9 Å². The summed E-state index contributed by atoms with van der Waals surface area (Å²) in [5.41, 5.74) is -0.780. The predicted molar refractivity (Wildman–Crippen MR) is 81.6 cm³/mol. The summed E-state index contributed by atoms with van der Waals surface area (Å²) in [6.07, 6.45) is -5.35. The highest BCUT2D eigenvalue weighted by Gasteiger charge is 2.30. The largest absolute Gasteiger partial charge is 0.481 e. The highest BCUT2D eigenvalue weighted by atomic mass is 35.5. The average molecular weight is 344 g/mol. The molecule has 0 radical (unpaired) electrons. The van der Waals surface area contributed by atoms with Crippen LogP contribution in [0.5, 0.6) is 5.75 Å². The Labute approximate surface area is 136 Å². The second-order valence-electron chi connectivity index (χ2n) is 4.78. The summed E-state index contributed by atoms with van der Waals surface area (Å²) in [6, 6.07) is 10.8. The van der Waals surface area contributed by atoms with Crippen molar-refractivity contribution in [1.29, 1.82) is 0 Å². The molecule has 1 atom stereocenters. The summed E-state index contributed by atoms with van der Waals surface area (Å²) in [5.74, 6) is -0.125. The maximum atomic E-state index is 12.6.